The maximum absolute atomic E-state index is 11.9. The molecule has 0 unspecified atom stereocenters. The van der Waals surface area contributed by atoms with Crippen molar-refractivity contribution in [3.8, 4) is 0 Å². The van der Waals surface area contributed by atoms with Crippen molar-refractivity contribution in [2.45, 2.75) is 4.90 Å². The first-order valence-corrected chi connectivity index (χ1v) is 7.02. The highest BCUT2D eigenvalue weighted by molar-refractivity contribution is 7.80. The van der Waals surface area contributed by atoms with Crippen LogP contribution in [0.1, 0.15) is 20.7 Å². The molecule has 0 saturated heterocycles. The second-order valence-corrected chi connectivity index (χ2v) is 4.88. The molecule has 21 heavy (non-hydrogen) atoms. The largest absolute Gasteiger partial charge is 0.350 e. The van der Waals surface area contributed by atoms with Gasteiger partial charge in [-0.15, -0.1) is 12.6 Å². The summed E-state index contributed by atoms with van der Waals surface area (Å²) in [6.45, 7) is 0.730. The van der Waals surface area contributed by atoms with Gasteiger partial charge in [-0.05, 0) is 24.3 Å². The van der Waals surface area contributed by atoms with Crippen molar-refractivity contribution in [2.24, 2.45) is 0 Å². The first-order chi connectivity index (χ1) is 10.2. The van der Waals surface area contributed by atoms with Crippen molar-refractivity contribution >= 4 is 24.4 Å². The predicted molar refractivity (Wildman–Crippen MR) is 84.8 cm³/mol. The van der Waals surface area contributed by atoms with Gasteiger partial charge in [-0.25, -0.2) is 0 Å². The van der Waals surface area contributed by atoms with Gasteiger partial charge in [-0.1, -0.05) is 30.3 Å². The maximum atomic E-state index is 11.9. The number of carbonyl (C=O) groups is 2. The normalized spacial score (nSPS) is 9.95. The number of amides is 2. The molecule has 0 saturated carbocycles. The lowest BCUT2D eigenvalue weighted by Crippen LogP contribution is -2.34. The average molecular weight is 300 g/mol. The van der Waals surface area contributed by atoms with E-state index < -0.39 is 0 Å². The van der Waals surface area contributed by atoms with Crippen molar-refractivity contribution in [3.05, 3.63) is 65.7 Å². The highest BCUT2D eigenvalue weighted by atomic mass is 32.1. The minimum absolute atomic E-state index is 0.153. The number of carbonyl (C=O) groups excluding carboxylic acids is 2. The van der Waals surface area contributed by atoms with Crippen LogP contribution in [0.4, 0.5) is 0 Å². The minimum atomic E-state index is -0.199. The molecule has 0 spiro atoms. The van der Waals surface area contributed by atoms with Crippen LogP contribution < -0.4 is 10.6 Å². The van der Waals surface area contributed by atoms with E-state index in [0.29, 0.717) is 29.1 Å². The van der Waals surface area contributed by atoms with Crippen molar-refractivity contribution in [1.29, 1.82) is 0 Å². The second kappa shape index (κ2) is 7.50. The quantitative estimate of drug-likeness (QED) is 0.585. The molecular formula is C16H16N2O2S. The smallest absolute Gasteiger partial charge is 0.252 e. The summed E-state index contributed by atoms with van der Waals surface area (Å²) in [5.41, 5.74) is 1.12. The monoisotopic (exact) mass is 300 g/mol. The molecule has 2 rings (SSSR count). The fourth-order valence-corrected chi connectivity index (χ4v) is 2.07. The molecule has 4 nitrogen and oxygen atoms in total. The van der Waals surface area contributed by atoms with Gasteiger partial charge in [0.1, 0.15) is 0 Å². The lowest BCUT2D eigenvalue weighted by molar-refractivity contribution is 0.0926. The first-order valence-electron chi connectivity index (χ1n) is 6.58. The summed E-state index contributed by atoms with van der Waals surface area (Å²) in [6, 6.07) is 16.0. The Morgan fingerprint density at radius 1 is 0.810 bits per heavy atom. The molecule has 2 aromatic rings. The third kappa shape index (κ3) is 4.36. The Balaban J connectivity index is 1.76. The molecule has 0 aromatic heterocycles. The number of hydrogen-bond acceptors (Lipinski definition) is 3. The molecule has 5 heteroatoms. The summed E-state index contributed by atoms with van der Waals surface area (Å²) >= 11 is 4.23. The van der Waals surface area contributed by atoms with Crippen LogP contribution in [-0.2, 0) is 0 Å². The summed E-state index contributed by atoms with van der Waals surface area (Å²) < 4.78 is 0. The zero-order valence-corrected chi connectivity index (χ0v) is 12.3. The van der Waals surface area contributed by atoms with Crippen LogP contribution in [0.15, 0.2) is 59.5 Å². The Morgan fingerprint density at radius 3 is 2.05 bits per heavy atom. The summed E-state index contributed by atoms with van der Waals surface area (Å²) in [6.07, 6.45) is 0. The molecule has 2 aromatic carbocycles. The van der Waals surface area contributed by atoms with E-state index in [1.807, 2.05) is 12.1 Å². The van der Waals surface area contributed by atoms with Crippen LogP contribution in [0.25, 0.3) is 0 Å². The van der Waals surface area contributed by atoms with Crippen molar-refractivity contribution in [1.82, 2.24) is 10.6 Å². The van der Waals surface area contributed by atoms with Gasteiger partial charge in [0.15, 0.2) is 0 Å². The highest BCUT2D eigenvalue weighted by Crippen LogP contribution is 2.12. The van der Waals surface area contributed by atoms with E-state index >= 15 is 0 Å². The van der Waals surface area contributed by atoms with Crippen molar-refractivity contribution in [3.63, 3.8) is 0 Å². The number of hydrogen-bond donors (Lipinski definition) is 3. The zero-order chi connectivity index (χ0) is 15.1. The van der Waals surface area contributed by atoms with Crippen LogP contribution in [0.2, 0.25) is 0 Å². The van der Waals surface area contributed by atoms with Gasteiger partial charge in [-0.3, -0.25) is 9.59 Å². The van der Waals surface area contributed by atoms with E-state index in [1.54, 1.807) is 42.5 Å². The van der Waals surface area contributed by atoms with Gasteiger partial charge in [0.2, 0.25) is 0 Å². The second-order valence-electron chi connectivity index (χ2n) is 4.39. The fourth-order valence-electron chi connectivity index (χ4n) is 1.80. The Kier molecular flexibility index (Phi) is 5.40. The van der Waals surface area contributed by atoms with Crippen molar-refractivity contribution in [2.75, 3.05) is 13.1 Å². The van der Waals surface area contributed by atoms with E-state index in [1.165, 1.54) is 0 Å². The Labute approximate surface area is 129 Å². The van der Waals surface area contributed by atoms with Crippen LogP contribution in [0, 0.1) is 0 Å². The van der Waals surface area contributed by atoms with Crippen LogP contribution in [0.3, 0.4) is 0 Å². The van der Waals surface area contributed by atoms with E-state index in [9.17, 15) is 9.59 Å². The number of benzene rings is 2. The number of rotatable bonds is 5. The molecule has 0 heterocycles. The van der Waals surface area contributed by atoms with E-state index in [-0.39, 0.29) is 11.8 Å². The van der Waals surface area contributed by atoms with Crippen molar-refractivity contribution < 1.29 is 9.59 Å². The van der Waals surface area contributed by atoms with E-state index in [0.717, 1.165) is 0 Å². The molecule has 108 valence electrons. The molecule has 0 radical (unpaired) electrons. The summed E-state index contributed by atoms with van der Waals surface area (Å²) in [5, 5.41) is 5.49. The Morgan fingerprint density at radius 2 is 1.38 bits per heavy atom. The third-order valence-corrected chi connectivity index (χ3v) is 3.27. The Hall–Kier alpha value is -2.27. The highest BCUT2D eigenvalue weighted by Gasteiger charge is 2.08. The molecule has 2 N–H and O–H groups in total. The molecule has 2 amide bonds. The van der Waals surface area contributed by atoms with Gasteiger partial charge in [0, 0.05) is 23.5 Å². The van der Waals surface area contributed by atoms with Crippen LogP contribution in [-0.4, -0.2) is 24.9 Å². The van der Waals surface area contributed by atoms with Gasteiger partial charge in [0.25, 0.3) is 11.8 Å². The minimum Gasteiger partial charge on any atom is -0.350 e. The molecule has 0 aliphatic carbocycles. The Bertz CT molecular complexity index is 629. The first kappa shape index (κ1) is 15.1. The lowest BCUT2D eigenvalue weighted by Gasteiger charge is -2.08. The van der Waals surface area contributed by atoms with Crippen LogP contribution >= 0.6 is 12.6 Å². The molecular weight excluding hydrogens is 284 g/mol. The number of nitrogens with one attached hydrogen (secondary N) is 2. The molecule has 0 aliphatic rings. The van der Waals surface area contributed by atoms with E-state index in [4.69, 9.17) is 0 Å². The summed E-state index contributed by atoms with van der Waals surface area (Å²) in [5.74, 6) is -0.353. The van der Waals surface area contributed by atoms with Gasteiger partial charge >= 0.3 is 0 Å². The molecule has 0 atom stereocenters. The van der Waals surface area contributed by atoms with Gasteiger partial charge in [-0.2, -0.15) is 0 Å². The molecule has 0 aliphatic heterocycles. The fraction of sp³-hybridized carbons (Fsp3) is 0.125. The summed E-state index contributed by atoms with van der Waals surface area (Å²) in [4.78, 5) is 24.3. The summed E-state index contributed by atoms with van der Waals surface area (Å²) in [7, 11) is 0. The van der Waals surface area contributed by atoms with Gasteiger partial charge < -0.3 is 10.6 Å². The SMILES string of the molecule is O=C(NCCNC(=O)c1ccccc1S)c1ccccc1. The molecule has 0 bridgehead atoms. The predicted octanol–water partition coefficient (Wildman–Crippen LogP) is 2.14. The maximum Gasteiger partial charge on any atom is 0.252 e. The standard InChI is InChI=1S/C16H16N2O2S/c19-15(12-6-2-1-3-7-12)17-10-11-18-16(20)13-8-4-5-9-14(13)21/h1-9,21H,10-11H2,(H,17,19)(H,18,20). The van der Waals surface area contributed by atoms with Crippen LogP contribution in [0.5, 0.6) is 0 Å². The number of thiol groups is 1. The third-order valence-electron chi connectivity index (χ3n) is 2.88. The zero-order valence-electron chi connectivity index (χ0n) is 11.4. The average Bonchev–Trinajstić information content (AvgIpc) is 2.52. The lowest BCUT2D eigenvalue weighted by atomic mass is 10.2. The van der Waals surface area contributed by atoms with Gasteiger partial charge in [0.05, 0.1) is 5.56 Å². The van der Waals surface area contributed by atoms with E-state index in [2.05, 4.69) is 23.3 Å². The topological polar surface area (TPSA) is 58.2 Å². The molecule has 0 fully saturated rings.